The molecular formula is C19H22N2O3. The van der Waals surface area contributed by atoms with Crippen molar-refractivity contribution in [3.8, 4) is 0 Å². The Labute approximate surface area is 142 Å². The lowest BCUT2D eigenvalue weighted by atomic mass is 10.0. The maximum absolute atomic E-state index is 12.1. The van der Waals surface area contributed by atoms with Gasteiger partial charge in [-0.25, -0.2) is 5.48 Å². The van der Waals surface area contributed by atoms with Crippen molar-refractivity contribution < 1.29 is 14.4 Å². The van der Waals surface area contributed by atoms with Crippen molar-refractivity contribution in [1.82, 2.24) is 10.8 Å². The van der Waals surface area contributed by atoms with Crippen LogP contribution in [0.15, 0.2) is 54.6 Å². The van der Waals surface area contributed by atoms with Gasteiger partial charge >= 0.3 is 0 Å². The predicted molar refractivity (Wildman–Crippen MR) is 91.7 cm³/mol. The normalized spacial score (nSPS) is 11.6. The lowest BCUT2D eigenvalue weighted by molar-refractivity contribution is -0.135. The van der Waals surface area contributed by atoms with E-state index in [4.69, 9.17) is 4.84 Å². The van der Waals surface area contributed by atoms with Gasteiger partial charge in [0.2, 0.25) is 11.8 Å². The van der Waals surface area contributed by atoms with Crippen LogP contribution in [0.1, 0.15) is 36.1 Å². The van der Waals surface area contributed by atoms with Crippen molar-refractivity contribution >= 4 is 11.8 Å². The third kappa shape index (κ3) is 5.85. The maximum Gasteiger partial charge on any atom is 0.245 e. The predicted octanol–water partition coefficient (Wildman–Crippen LogP) is 2.81. The molecule has 5 heteroatoms. The second-order valence-electron chi connectivity index (χ2n) is 5.67. The molecule has 2 rings (SSSR count). The fourth-order valence-electron chi connectivity index (χ4n) is 2.30. The zero-order valence-corrected chi connectivity index (χ0v) is 13.9. The molecule has 0 saturated heterocycles. The molecule has 2 amide bonds. The largest absolute Gasteiger partial charge is 0.349 e. The first-order chi connectivity index (χ1) is 11.5. The van der Waals surface area contributed by atoms with E-state index in [1.54, 1.807) is 0 Å². The highest BCUT2D eigenvalue weighted by Crippen LogP contribution is 2.17. The van der Waals surface area contributed by atoms with Crippen LogP contribution in [0.4, 0.5) is 0 Å². The van der Waals surface area contributed by atoms with Crippen LogP contribution in [0.5, 0.6) is 0 Å². The van der Waals surface area contributed by atoms with E-state index in [-0.39, 0.29) is 24.3 Å². The molecule has 0 fully saturated rings. The van der Waals surface area contributed by atoms with Crippen LogP contribution in [0.2, 0.25) is 0 Å². The van der Waals surface area contributed by atoms with E-state index < -0.39 is 0 Å². The molecular weight excluding hydrogens is 304 g/mol. The number of benzene rings is 2. The number of rotatable bonds is 7. The number of amides is 2. The van der Waals surface area contributed by atoms with Gasteiger partial charge in [-0.15, -0.1) is 0 Å². The van der Waals surface area contributed by atoms with E-state index >= 15 is 0 Å². The van der Waals surface area contributed by atoms with E-state index in [2.05, 4.69) is 10.8 Å². The van der Waals surface area contributed by atoms with Gasteiger partial charge in [-0.1, -0.05) is 60.2 Å². The Morgan fingerprint density at radius 2 is 1.71 bits per heavy atom. The molecule has 0 aliphatic heterocycles. The molecule has 0 aliphatic rings. The summed E-state index contributed by atoms with van der Waals surface area (Å²) in [5.41, 5.74) is 5.40. The van der Waals surface area contributed by atoms with Gasteiger partial charge in [-0.2, -0.15) is 0 Å². The molecule has 24 heavy (non-hydrogen) atoms. The van der Waals surface area contributed by atoms with Crippen LogP contribution < -0.4 is 10.8 Å². The van der Waals surface area contributed by atoms with Crippen LogP contribution in [0.25, 0.3) is 0 Å². The summed E-state index contributed by atoms with van der Waals surface area (Å²) in [6, 6.07) is 16.9. The Morgan fingerprint density at radius 3 is 2.33 bits per heavy atom. The highest BCUT2D eigenvalue weighted by atomic mass is 16.6. The summed E-state index contributed by atoms with van der Waals surface area (Å²) in [4.78, 5) is 28.7. The first-order valence-corrected chi connectivity index (χ1v) is 7.83. The molecule has 5 nitrogen and oxygen atoms in total. The molecule has 0 radical (unpaired) electrons. The van der Waals surface area contributed by atoms with Gasteiger partial charge in [0.05, 0.1) is 19.1 Å². The van der Waals surface area contributed by atoms with Crippen LogP contribution in [0.3, 0.4) is 0 Å². The average Bonchev–Trinajstić information content (AvgIpc) is 2.55. The first kappa shape index (κ1) is 17.7. The van der Waals surface area contributed by atoms with Crippen LogP contribution in [-0.2, 0) is 21.0 Å². The Morgan fingerprint density at radius 1 is 1.04 bits per heavy atom. The number of aryl methyl sites for hydroxylation is 1. The summed E-state index contributed by atoms with van der Waals surface area (Å²) < 4.78 is 0. The highest BCUT2D eigenvalue weighted by Gasteiger charge is 2.17. The van der Waals surface area contributed by atoms with Crippen molar-refractivity contribution in [1.29, 1.82) is 0 Å². The van der Waals surface area contributed by atoms with E-state index in [1.165, 1.54) is 6.92 Å². The molecule has 0 saturated carbocycles. The molecule has 0 bridgehead atoms. The number of hydrogen-bond acceptors (Lipinski definition) is 3. The molecule has 0 aromatic heterocycles. The highest BCUT2D eigenvalue weighted by molar-refractivity contribution is 5.78. The fraction of sp³-hybridized carbons (Fsp3) is 0.263. The molecule has 2 aromatic carbocycles. The Kier molecular flexibility index (Phi) is 6.51. The summed E-state index contributed by atoms with van der Waals surface area (Å²) in [7, 11) is 0. The number of nitrogens with one attached hydrogen (secondary N) is 2. The number of carbonyl (C=O) groups excluding carboxylic acids is 2. The third-order valence-corrected chi connectivity index (χ3v) is 3.51. The SMILES string of the molecule is CC(=O)N[C@@H](CC(=O)NOCc1ccccc1)c1ccc(C)cc1. The van der Waals surface area contributed by atoms with E-state index in [1.807, 2.05) is 61.5 Å². The average molecular weight is 326 g/mol. The molecule has 2 N–H and O–H groups in total. The van der Waals surface area contributed by atoms with Gasteiger partial charge in [-0.3, -0.25) is 14.4 Å². The summed E-state index contributed by atoms with van der Waals surface area (Å²) in [5.74, 6) is -0.469. The number of hydroxylamine groups is 1. The van der Waals surface area contributed by atoms with Crippen molar-refractivity contribution in [2.24, 2.45) is 0 Å². The van der Waals surface area contributed by atoms with Gasteiger partial charge in [-0.05, 0) is 18.1 Å². The molecule has 2 aromatic rings. The smallest absolute Gasteiger partial charge is 0.245 e. The second kappa shape index (κ2) is 8.84. The summed E-state index contributed by atoms with van der Waals surface area (Å²) >= 11 is 0. The van der Waals surface area contributed by atoms with Crippen molar-refractivity contribution in [2.45, 2.75) is 32.9 Å². The zero-order valence-electron chi connectivity index (χ0n) is 13.9. The van der Waals surface area contributed by atoms with Crippen LogP contribution >= 0.6 is 0 Å². The summed E-state index contributed by atoms with van der Waals surface area (Å²) in [6.45, 7) is 3.72. The fourth-order valence-corrected chi connectivity index (χ4v) is 2.30. The molecule has 0 spiro atoms. The van der Waals surface area contributed by atoms with Gasteiger partial charge in [0.25, 0.3) is 0 Å². The van der Waals surface area contributed by atoms with Crippen LogP contribution in [0, 0.1) is 6.92 Å². The van der Waals surface area contributed by atoms with Crippen molar-refractivity contribution in [3.05, 3.63) is 71.3 Å². The van der Waals surface area contributed by atoms with Gasteiger partial charge in [0, 0.05) is 6.92 Å². The minimum Gasteiger partial charge on any atom is -0.349 e. The first-order valence-electron chi connectivity index (χ1n) is 7.83. The van der Waals surface area contributed by atoms with Gasteiger partial charge in [0.1, 0.15) is 0 Å². The van der Waals surface area contributed by atoms with E-state index in [0.717, 1.165) is 16.7 Å². The molecule has 126 valence electrons. The number of hydrogen-bond donors (Lipinski definition) is 2. The Hall–Kier alpha value is -2.66. The quantitative estimate of drug-likeness (QED) is 0.769. The van der Waals surface area contributed by atoms with Gasteiger partial charge in [0.15, 0.2) is 0 Å². The molecule has 0 aliphatic carbocycles. The Bertz CT molecular complexity index is 669. The van der Waals surface area contributed by atoms with E-state index in [9.17, 15) is 9.59 Å². The summed E-state index contributed by atoms with van der Waals surface area (Å²) in [6.07, 6.45) is 0.109. The topological polar surface area (TPSA) is 67.4 Å². The standard InChI is InChI=1S/C19H22N2O3/c1-14-8-10-17(11-9-14)18(20-15(2)22)12-19(23)21-24-13-16-6-4-3-5-7-16/h3-11,18H,12-13H2,1-2H3,(H,20,22)(H,21,23)/t18-/m0/s1. The Balaban J connectivity index is 1.89. The minimum atomic E-state index is -0.386. The molecule has 1 atom stereocenters. The zero-order chi connectivity index (χ0) is 17.4. The monoisotopic (exact) mass is 326 g/mol. The number of carbonyl (C=O) groups is 2. The van der Waals surface area contributed by atoms with Crippen molar-refractivity contribution in [3.63, 3.8) is 0 Å². The van der Waals surface area contributed by atoms with Crippen molar-refractivity contribution in [2.75, 3.05) is 0 Å². The molecule has 0 unspecified atom stereocenters. The maximum atomic E-state index is 12.1. The van der Waals surface area contributed by atoms with E-state index in [0.29, 0.717) is 6.61 Å². The van der Waals surface area contributed by atoms with Crippen LogP contribution in [-0.4, -0.2) is 11.8 Å². The lowest BCUT2D eigenvalue weighted by Crippen LogP contribution is -2.32. The second-order valence-corrected chi connectivity index (χ2v) is 5.67. The molecule has 0 heterocycles. The minimum absolute atomic E-state index is 0.109. The third-order valence-electron chi connectivity index (χ3n) is 3.51. The summed E-state index contributed by atoms with van der Waals surface area (Å²) in [5, 5.41) is 2.80. The van der Waals surface area contributed by atoms with Gasteiger partial charge < -0.3 is 5.32 Å². The lowest BCUT2D eigenvalue weighted by Gasteiger charge is -2.18.